The molecule has 2 rings (SSSR count). The molecule has 2 N–H and O–H groups in total. The maximum atomic E-state index is 12.7. The quantitative estimate of drug-likeness (QED) is 0.877. The van der Waals surface area contributed by atoms with Crippen LogP contribution < -0.4 is 10.6 Å². The van der Waals surface area contributed by atoms with Crippen molar-refractivity contribution in [3.8, 4) is 0 Å². The summed E-state index contributed by atoms with van der Waals surface area (Å²) in [5, 5.41) is 5.58. The third kappa shape index (κ3) is 3.02. The zero-order valence-electron chi connectivity index (χ0n) is 10.0. The van der Waals surface area contributed by atoms with Gasteiger partial charge in [0.2, 0.25) is 5.95 Å². The second-order valence-electron chi connectivity index (χ2n) is 4.34. The van der Waals surface area contributed by atoms with E-state index >= 15 is 0 Å². The Morgan fingerprint density at radius 3 is 2.44 bits per heavy atom. The average Bonchev–Trinajstić information content (AvgIpc) is 2.80. The van der Waals surface area contributed by atoms with Gasteiger partial charge in [-0.1, -0.05) is 12.8 Å². The molecule has 0 amide bonds. The van der Waals surface area contributed by atoms with Crippen LogP contribution >= 0.6 is 0 Å². The summed E-state index contributed by atoms with van der Waals surface area (Å²) >= 11 is 0. The number of hydrogen-bond donors (Lipinski definition) is 2. The Hall–Kier alpha value is -1.53. The van der Waals surface area contributed by atoms with Crippen molar-refractivity contribution in [3.63, 3.8) is 0 Å². The van der Waals surface area contributed by atoms with Gasteiger partial charge in [0.05, 0.1) is 0 Å². The van der Waals surface area contributed by atoms with Crippen molar-refractivity contribution in [1.82, 2.24) is 9.97 Å². The number of nitrogens with one attached hydrogen (secondary N) is 2. The SMILES string of the molecule is CNc1nc(NC2CCCC2)cc(C(F)(F)F)n1. The Morgan fingerprint density at radius 2 is 1.89 bits per heavy atom. The Bertz CT molecular complexity index is 413. The van der Waals surface area contributed by atoms with Crippen molar-refractivity contribution in [2.24, 2.45) is 0 Å². The summed E-state index contributed by atoms with van der Waals surface area (Å²) in [6, 6.07) is 1.17. The van der Waals surface area contributed by atoms with E-state index in [1.165, 1.54) is 7.05 Å². The van der Waals surface area contributed by atoms with E-state index < -0.39 is 11.9 Å². The van der Waals surface area contributed by atoms with Crippen LogP contribution in [0.25, 0.3) is 0 Å². The van der Waals surface area contributed by atoms with E-state index in [2.05, 4.69) is 20.6 Å². The van der Waals surface area contributed by atoms with Crippen LogP contribution in [0.15, 0.2) is 6.07 Å². The zero-order chi connectivity index (χ0) is 13.2. The van der Waals surface area contributed by atoms with Gasteiger partial charge in [-0.2, -0.15) is 18.2 Å². The van der Waals surface area contributed by atoms with Gasteiger partial charge in [0.1, 0.15) is 5.82 Å². The number of rotatable bonds is 3. The summed E-state index contributed by atoms with van der Waals surface area (Å²) in [4.78, 5) is 7.41. The first kappa shape index (κ1) is 12.9. The molecule has 0 atom stereocenters. The molecule has 0 spiro atoms. The molecule has 0 radical (unpaired) electrons. The summed E-state index contributed by atoms with van der Waals surface area (Å²) in [5.74, 6) is 0.207. The largest absolute Gasteiger partial charge is 0.433 e. The number of halogens is 3. The molecule has 1 fully saturated rings. The summed E-state index contributed by atoms with van der Waals surface area (Å²) in [6.45, 7) is 0. The standard InChI is InChI=1S/C11H15F3N4/c1-15-10-17-8(11(12,13)14)6-9(18-10)16-7-4-2-3-5-7/h6-7H,2-5H2,1H3,(H2,15,16,17,18). The number of alkyl halides is 3. The topological polar surface area (TPSA) is 49.8 Å². The van der Waals surface area contributed by atoms with Gasteiger partial charge in [0.25, 0.3) is 0 Å². The Kier molecular flexibility index (Phi) is 3.58. The third-order valence-corrected chi connectivity index (χ3v) is 2.95. The number of nitrogens with zero attached hydrogens (tertiary/aromatic N) is 2. The van der Waals surface area contributed by atoms with E-state index in [9.17, 15) is 13.2 Å². The van der Waals surface area contributed by atoms with Gasteiger partial charge in [0, 0.05) is 19.2 Å². The minimum atomic E-state index is -4.46. The molecule has 1 aromatic rings. The lowest BCUT2D eigenvalue weighted by Crippen LogP contribution is -2.18. The summed E-state index contributed by atoms with van der Waals surface area (Å²) < 4.78 is 38.0. The van der Waals surface area contributed by atoms with E-state index in [4.69, 9.17) is 0 Å². The fourth-order valence-electron chi connectivity index (χ4n) is 2.06. The van der Waals surface area contributed by atoms with Crippen LogP contribution in [0.5, 0.6) is 0 Å². The van der Waals surface area contributed by atoms with Crippen LogP contribution in [-0.4, -0.2) is 23.1 Å². The van der Waals surface area contributed by atoms with Crippen LogP contribution in [-0.2, 0) is 6.18 Å². The van der Waals surface area contributed by atoms with Crippen LogP contribution in [0, 0.1) is 0 Å². The van der Waals surface area contributed by atoms with Gasteiger partial charge in [-0.25, -0.2) is 4.98 Å². The second kappa shape index (κ2) is 4.99. The summed E-state index contributed by atoms with van der Waals surface area (Å²) in [5.41, 5.74) is -0.928. The van der Waals surface area contributed by atoms with Gasteiger partial charge >= 0.3 is 6.18 Å². The van der Waals surface area contributed by atoms with Crippen molar-refractivity contribution in [1.29, 1.82) is 0 Å². The molecule has 0 saturated heterocycles. The first-order valence-corrected chi connectivity index (χ1v) is 5.89. The van der Waals surface area contributed by atoms with Gasteiger partial charge in [-0.15, -0.1) is 0 Å². The monoisotopic (exact) mass is 260 g/mol. The molecule has 0 unspecified atom stereocenters. The predicted octanol–water partition coefficient (Wildman–Crippen LogP) is 2.89. The molecular formula is C11H15F3N4. The molecule has 100 valence electrons. The highest BCUT2D eigenvalue weighted by molar-refractivity contribution is 5.43. The highest BCUT2D eigenvalue weighted by atomic mass is 19.4. The van der Waals surface area contributed by atoms with Crippen molar-refractivity contribution >= 4 is 11.8 Å². The Balaban J connectivity index is 2.23. The predicted molar refractivity (Wildman–Crippen MR) is 62.5 cm³/mol. The summed E-state index contributed by atoms with van der Waals surface area (Å²) in [6.07, 6.45) is -0.303. The molecule has 0 bridgehead atoms. The highest BCUT2D eigenvalue weighted by Gasteiger charge is 2.34. The van der Waals surface area contributed by atoms with Crippen molar-refractivity contribution in [2.75, 3.05) is 17.7 Å². The maximum absolute atomic E-state index is 12.7. The molecule has 1 saturated carbocycles. The molecular weight excluding hydrogens is 245 g/mol. The lowest BCUT2D eigenvalue weighted by Gasteiger charge is -2.15. The Labute approximate surface area is 103 Å². The van der Waals surface area contributed by atoms with E-state index in [-0.39, 0.29) is 17.8 Å². The molecule has 18 heavy (non-hydrogen) atoms. The molecule has 1 aromatic heterocycles. The normalized spacial score (nSPS) is 16.9. The van der Waals surface area contributed by atoms with Crippen LogP contribution in [0.4, 0.5) is 24.9 Å². The molecule has 0 aliphatic heterocycles. The molecule has 0 aromatic carbocycles. The van der Waals surface area contributed by atoms with Crippen molar-refractivity contribution in [2.45, 2.75) is 37.9 Å². The van der Waals surface area contributed by atoms with Gasteiger partial charge < -0.3 is 10.6 Å². The van der Waals surface area contributed by atoms with E-state index in [0.717, 1.165) is 31.7 Å². The van der Waals surface area contributed by atoms with Gasteiger partial charge in [-0.3, -0.25) is 0 Å². The molecule has 1 heterocycles. The van der Waals surface area contributed by atoms with Crippen LogP contribution in [0.3, 0.4) is 0 Å². The van der Waals surface area contributed by atoms with E-state index in [1.807, 2.05) is 0 Å². The van der Waals surface area contributed by atoms with Crippen LogP contribution in [0.1, 0.15) is 31.4 Å². The molecule has 7 heteroatoms. The number of aromatic nitrogens is 2. The lowest BCUT2D eigenvalue weighted by atomic mass is 10.2. The van der Waals surface area contributed by atoms with Crippen molar-refractivity contribution < 1.29 is 13.2 Å². The summed E-state index contributed by atoms with van der Waals surface area (Å²) in [7, 11) is 1.49. The minimum Gasteiger partial charge on any atom is -0.367 e. The van der Waals surface area contributed by atoms with E-state index in [1.54, 1.807) is 0 Å². The second-order valence-corrected chi connectivity index (χ2v) is 4.34. The fraction of sp³-hybridized carbons (Fsp3) is 0.636. The molecule has 1 aliphatic rings. The first-order chi connectivity index (χ1) is 8.49. The third-order valence-electron chi connectivity index (χ3n) is 2.95. The fourth-order valence-corrected chi connectivity index (χ4v) is 2.06. The highest BCUT2D eigenvalue weighted by Crippen LogP contribution is 2.30. The van der Waals surface area contributed by atoms with Gasteiger partial charge in [-0.05, 0) is 12.8 Å². The number of anilines is 2. The smallest absolute Gasteiger partial charge is 0.367 e. The molecule has 4 nitrogen and oxygen atoms in total. The zero-order valence-corrected chi connectivity index (χ0v) is 10.0. The first-order valence-electron chi connectivity index (χ1n) is 5.89. The maximum Gasteiger partial charge on any atom is 0.433 e. The molecule has 1 aliphatic carbocycles. The number of hydrogen-bond acceptors (Lipinski definition) is 4. The Morgan fingerprint density at radius 1 is 1.22 bits per heavy atom. The van der Waals surface area contributed by atoms with Crippen molar-refractivity contribution in [3.05, 3.63) is 11.8 Å². The average molecular weight is 260 g/mol. The lowest BCUT2D eigenvalue weighted by molar-refractivity contribution is -0.141. The van der Waals surface area contributed by atoms with Gasteiger partial charge in [0.15, 0.2) is 5.69 Å². The minimum absolute atomic E-state index is 0.0229. The van der Waals surface area contributed by atoms with Crippen LogP contribution in [0.2, 0.25) is 0 Å². The van der Waals surface area contributed by atoms with E-state index in [0.29, 0.717) is 0 Å².